The van der Waals surface area contributed by atoms with E-state index in [2.05, 4.69) is 10.6 Å². The van der Waals surface area contributed by atoms with Crippen molar-refractivity contribution in [3.63, 3.8) is 0 Å². The molecule has 0 spiro atoms. The van der Waals surface area contributed by atoms with E-state index in [1.54, 1.807) is 30.3 Å². The molecule has 0 aliphatic heterocycles. The lowest BCUT2D eigenvalue weighted by Crippen LogP contribution is -2.46. The van der Waals surface area contributed by atoms with E-state index in [0.29, 0.717) is 11.9 Å². The molecule has 0 aliphatic carbocycles. The van der Waals surface area contributed by atoms with E-state index < -0.39 is 11.8 Å². The Labute approximate surface area is 92.1 Å². The minimum atomic E-state index is -0.649. The molecule has 0 atom stereocenters. The van der Waals surface area contributed by atoms with Crippen molar-refractivity contribution in [3.05, 3.63) is 30.3 Å². The quantitative estimate of drug-likeness (QED) is 0.434. The van der Waals surface area contributed by atoms with Crippen LogP contribution in [0, 0.1) is 0 Å². The lowest BCUT2D eigenvalue weighted by atomic mass is 10.3. The molecular formula is C10H11N3O3. The molecule has 1 aromatic rings. The van der Waals surface area contributed by atoms with Gasteiger partial charge in [-0.1, -0.05) is 23.4 Å². The van der Waals surface area contributed by atoms with Gasteiger partial charge in [0.2, 0.25) is 5.91 Å². The highest BCUT2D eigenvalue weighted by atomic mass is 16.4. The second-order valence-electron chi connectivity index (χ2n) is 2.92. The van der Waals surface area contributed by atoms with Gasteiger partial charge in [-0.05, 0) is 12.1 Å². The molecular weight excluding hydrogens is 210 g/mol. The standard InChI is InChI=1S/C10H11N3O3/c1-8(14)12-13(10(15)7-11-16)9-5-3-2-4-6-9/h2-7,16H,1H3,(H,12,14). The van der Waals surface area contributed by atoms with Crippen molar-refractivity contribution in [2.45, 2.75) is 6.92 Å². The smallest absolute Gasteiger partial charge is 0.291 e. The van der Waals surface area contributed by atoms with E-state index >= 15 is 0 Å². The number of carbonyl (C=O) groups is 2. The van der Waals surface area contributed by atoms with Gasteiger partial charge in [0.15, 0.2) is 0 Å². The van der Waals surface area contributed by atoms with Crippen molar-refractivity contribution in [3.8, 4) is 0 Å². The van der Waals surface area contributed by atoms with Crippen molar-refractivity contribution in [1.82, 2.24) is 5.43 Å². The first kappa shape index (κ1) is 11.7. The Morgan fingerprint density at radius 2 is 2.00 bits per heavy atom. The summed E-state index contributed by atoms with van der Waals surface area (Å²) in [5, 5.41) is 11.9. The Morgan fingerprint density at radius 1 is 1.38 bits per heavy atom. The summed E-state index contributed by atoms with van der Waals surface area (Å²) in [5.74, 6) is -1.05. The monoisotopic (exact) mass is 221 g/mol. The van der Waals surface area contributed by atoms with E-state index in [1.807, 2.05) is 0 Å². The van der Waals surface area contributed by atoms with Gasteiger partial charge in [-0.25, -0.2) is 5.01 Å². The minimum absolute atomic E-state index is 0.399. The van der Waals surface area contributed by atoms with Gasteiger partial charge in [0.25, 0.3) is 5.91 Å². The Balaban J connectivity index is 2.96. The maximum absolute atomic E-state index is 11.5. The topological polar surface area (TPSA) is 82.0 Å². The number of oxime groups is 1. The molecule has 2 amide bonds. The highest BCUT2D eigenvalue weighted by Crippen LogP contribution is 2.10. The van der Waals surface area contributed by atoms with Gasteiger partial charge in [0.05, 0.1) is 5.69 Å². The van der Waals surface area contributed by atoms with Crippen LogP contribution in [0.4, 0.5) is 5.69 Å². The van der Waals surface area contributed by atoms with E-state index in [0.717, 1.165) is 5.01 Å². The zero-order valence-electron chi connectivity index (χ0n) is 8.62. The molecule has 0 aliphatic rings. The van der Waals surface area contributed by atoms with Crippen LogP contribution in [-0.4, -0.2) is 23.2 Å². The number of hydrogen-bond acceptors (Lipinski definition) is 4. The van der Waals surface area contributed by atoms with Gasteiger partial charge in [0.1, 0.15) is 6.21 Å². The molecule has 0 radical (unpaired) electrons. The summed E-state index contributed by atoms with van der Waals surface area (Å²) in [6.45, 7) is 1.28. The lowest BCUT2D eigenvalue weighted by Gasteiger charge is -2.20. The number of para-hydroxylation sites is 1. The zero-order chi connectivity index (χ0) is 12.0. The number of anilines is 1. The van der Waals surface area contributed by atoms with Crippen LogP contribution in [0.3, 0.4) is 0 Å². The molecule has 0 unspecified atom stereocenters. The van der Waals surface area contributed by atoms with Crippen LogP contribution in [0.15, 0.2) is 35.5 Å². The molecule has 1 rings (SSSR count). The summed E-state index contributed by atoms with van der Waals surface area (Å²) >= 11 is 0. The fraction of sp³-hybridized carbons (Fsp3) is 0.100. The summed E-state index contributed by atoms with van der Waals surface area (Å²) in [4.78, 5) is 22.4. The first-order valence-corrected chi connectivity index (χ1v) is 4.49. The summed E-state index contributed by atoms with van der Waals surface area (Å²) < 4.78 is 0. The molecule has 0 heterocycles. The fourth-order valence-electron chi connectivity index (χ4n) is 1.09. The summed E-state index contributed by atoms with van der Waals surface area (Å²) in [7, 11) is 0. The number of hydrazine groups is 1. The zero-order valence-corrected chi connectivity index (χ0v) is 8.62. The van der Waals surface area contributed by atoms with E-state index in [9.17, 15) is 9.59 Å². The fourth-order valence-corrected chi connectivity index (χ4v) is 1.09. The number of hydrogen-bond donors (Lipinski definition) is 2. The van der Waals surface area contributed by atoms with Gasteiger partial charge >= 0.3 is 0 Å². The van der Waals surface area contributed by atoms with E-state index in [1.165, 1.54) is 6.92 Å². The normalized spacial score (nSPS) is 10.1. The molecule has 0 saturated heterocycles. The number of rotatable bonds is 2. The van der Waals surface area contributed by atoms with Crippen LogP contribution < -0.4 is 10.4 Å². The largest absolute Gasteiger partial charge is 0.411 e. The first-order chi connectivity index (χ1) is 7.65. The number of nitrogens with zero attached hydrogens (tertiary/aromatic N) is 2. The third-order valence-electron chi connectivity index (χ3n) is 1.67. The molecule has 0 bridgehead atoms. The molecule has 84 valence electrons. The SMILES string of the molecule is CC(=O)NN(C(=O)C=NO)c1ccccc1. The third kappa shape index (κ3) is 3.09. The predicted molar refractivity (Wildman–Crippen MR) is 58.0 cm³/mol. The summed E-state index contributed by atoms with van der Waals surface area (Å²) in [6.07, 6.45) is 0.697. The molecule has 6 heteroatoms. The maximum Gasteiger partial charge on any atom is 0.291 e. The second-order valence-corrected chi connectivity index (χ2v) is 2.92. The predicted octanol–water partition coefficient (Wildman–Crippen LogP) is 0.531. The Hall–Kier alpha value is -2.37. The van der Waals surface area contributed by atoms with E-state index in [-0.39, 0.29) is 0 Å². The summed E-state index contributed by atoms with van der Waals surface area (Å²) in [6, 6.07) is 8.49. The van der Waals surface area contributed by atoms with Crippen molar-refractivity contribution in [2.75, 3.05) is 5.01 Å². The van der Waals surface area contributed by atoms with Crippen LogP contribution in [0.2, 0.25) is 0 Å². The Morgan fingerprint density at radius 3 is 2.50 bits per heavy atom. The van der Waals surface area contributed by atoms with E-state index in [4.69, 9.17) is 5.21 Å². The van der Waals surface area contributed by atoms with Crippen molar-refractivity contribution in [1.29, 1.82) is 0 Å². The molecule has 2 N–H and O–H groups in total. The Bertz CT molecular complexity index is 403. The molecule has 0 saturated carbocycles. The number of carbonyl (C=O) groups excluding carboxylic acids is 2. The maximum atomic E-state index is 11.5. The van der Waals surface area contributed by atoms with Crippen LogP contribution in [0.5, 0.6) is 0 Å². The minimum Gasteiger partial charge on any atom is -0.411 e. The molecule has 16 heavy (non-hydrogen) atoms. The average molecular weight is 221 g/mol. The van der Waals surface area contributed by atoms with Crippen molar-refractivity contribution in [2.24, 2.45) is 5.16 Å². The average Bonchev–Trinajstić information content (AvgIpc) is 2.27. The molecule has 6 nitrogen and oxygen atoms in total. The van der Waals surface area contributed by atoms with Crippen molar-refractivity contribution >= 4 is 23.7 Å². The summed E-state index contributed by atoms with van der Waals surface area (Å²) in [5.41, 5.74) is 2.80. The Kier molecular flexibility index (Phi) is 4.02. The van der Waals surface area contributed by atoms with Gasteiger partial charge in [0, 0.05) is 6.92 Å². The van der Waals surface area contributed by atoms with Gasteiger partial charge in [-0.3, -0.25) is 15.0 Å². The lowest BCUT2D eigenvalue weighted by molar-refractivity contribution is -0.122. The second kappa shape index (κ2) is 5.50. The van der Waals surface area contributed by atoms with Gasteiger partial charge < -0.3 is 5.21 Å². The van der Waals surface area contributed by atoms with Gasteiger partial charge in [-0.15, -0.1) is 0 Å². The number of amides is 2. The number of benzene rings is 1. The third-order valence-corrected chi connectivity index (χ3v) is 1.67. The molecule has 0 fully saturated rings. The van der Waals surface area contributed by atoms with Crippen molar-refractivity contribution < 1.29 is 14.8 Å². The number of nitrogens with one attached hydrogen (secondary N) is 1. The highest BCUT2D eigenvalue weighted by molar-refractivity contribution is 6.32. The first-order valence-electron chi connectivity index (χ1n) is 4.49. The van der Waals surface area contributed by atoms with Crippen LogP contribution in [-0.2, 0) is 9.59 Å². The van der Waals surface area contributed by atoms with Crippen LogP contribution in [0.25, 0.3) is 0 Å². The highest BCUT2D eigenvalue weighted by Gasteiger charge is 2.14. The van der Waals surface area contributed by atoms with Crippen LogP contribution >= 0.6 is 0 Å². The molecule has 0 aromatic heterocycles. The molecule has 1 aromatic carbocycles. The van der Waals surface area contributed by atoms with Gasteiger partial charge in [-0.2, -0.15) is 0 Å². The van der Waals surface area contributed by atoms with Crippen LogP contribution in [0.1, 0.15) is 6.92 Å².